The average molecular weight is 477 g/mol. The fourth-order valence-electron chi connectivity index (χ4n) is 3.16. The van der Waals surface area contributed by atoms with Gasteiger partial charge in [-0.1, -0.05) is 42.5 Å². The quantitative estimate of drug-likeness (QED) is 0.276. The summed E-state index contributed by atoms with van der Waals surface area (Å²) in [4.78, 5) is 42.7. The molecule has 4 rings (SSSR count). The van der Waals surface area contributed by atoms with E-state index in [2.05, 4.69) is 10.3 Å². The van der Waals surface area contributed by atoms with Crippen molar-refractivity contribution in [2.75, 3.05) is 5.32 Å². The Morgan fingerprint density at radius 1 is 0.939 bits per heavy atom. The van der Waals surface area contributed by atoms with Crippen LogP contribution in [0.3, 0.4) is 0 Å². The van der Waals surface area contributed by atoms with Gasteiger partial charge < -0.3 is 10.1 Å². The molecule has 0 bridgehead atoms. The predicted molar refractivity (Wildman–Crippen MR) is 129 cm³/mol. The highest BCUT2D eigenvalue weighted by molar-refractivity contribution is 7.12. The molecule has 0 unspecified atom stereocenters. The van der Waals surface area contributed by atoms with Crippen LogP contribution in [0.15, 0.2) is 71.4 Å². The van der Waals surface area contributed by atoms with Gasteiger partial charge in [0.05, 0.1) is 22.6 Å². The average Bonchev–Trinajstić information content (AvgIpc) is 3.51. The molecule has 33 heavy (non-hydrogen) atoms. The Hall–Kier alpha value is -3.62. The standard InChI is InChI=1S/C25H20N2O4S2/c1-16-7-2-5-10-20(16)27-22(28)13-23-26-17(15-33-23)14-31-25(30)19-9-4-3-8-18(19)24(29)21-11-6-12-32-21/h2-12,15H,13-14H2,1H3,(H,27,28). The van der Waals surface area contributed by atoms with Crippen molar-refractivity contribution in [1.82, 2.24) is 4.98 Å². The molecule has 6 nitrogen and oxygen atoms in total. The van der Waals surface area contributed by atoms with Crippen LogP contribution >= 0.6 is 22.7 Å². The monoisotopic (exact) mass is 476 g/mol. The lowest BCUT2D eigenvalue weighted by Crippen LogP contribution is -2.15. The number of ether oxygens (including phenoxy) is 1. The molecular weight excluding hydrogens is 456 g/mol. The van der Waals surface area contributed by atoms with Gasteiger partial charge in [-0.2, -0.15) is 0 Å². The van der Waals surface area contributed by atoms with Crippen LogP contribution in [0.25, 0.3) is 0 Å². The number of ketones is 1. The molecule has 1 N–H and O–H groups in total. The number of carbonyl (C=O) groups excluding carboxylic acids is 3. The highest BCUT2D eigenvalue weighted by Crippen LogP contribution is 2.20. The molecule has 0 aliphatic heterocycles. The zero-order valence-corrected chi connectivity index (χ0v) is 19.4. The van der Waals surface area contributed by atoms with E-state index in [4.69, 9.17) is 4.74 Å². The summed E-state index contributed by atoms with van der Waals surface area (Å²) in [5, 5.41) is 7.08. The summed E-state index contributed by atoms with van der Waals surface area (Å²) in [6.45, 7) is 1.88. The van der Waals surface area contributed by atoms with Crippen molar-refractivity contribution in [2.45, 2.75) is 20.0 Å². The smallest absolute Gasteiger partial charge is 0.339 e. The number of benzene rings is 2. The van der Waals surface area contributed by atoms with Crippen LogP contribution in [0.5, 0.6) is 0 Å². The number of nitrogens with one attached hydrogen (secondary N) is 1. The van der Waals surface area contributed by atoms with Gasteiger partial charge in [-0.25, -0.2) is 9.78 Å². The third-order valence-electron chi connectivity index (χ3n) is 4.82. The molecule has 0 radical (unpaired) electrons. The molecule has 1 amide bonds. The summed E-state index contributed by atoms with van der Waals surface area (Å²) in [6.07, 6.45) is 0.130. The lowest BCUT2D eigenvalue weighted by Gasteiger charge is -2.08. The van der Waals surface area contributed by atoms with Crippen LogP contribution in [-0.2, 0) is 22.6 Å². The Balaban J connectivity index is 1.36. The first kappa shape index (κ1) is 22.6. The zero-order valence-electron chi connectivity index (χ0n) is 17.7. The minimum absolute atomic E-state index is 0.0454. The first-order valence-electron chi connectivity index (χ1n) is 10.1. The van der Waals surface area contributed by atoms with Gasteiger partial charge in [-0.05, 0) is 36.1 Å². The van der Waals surface area contributed by atoms with Crippen molar-refractivity contribution in [3.63, 3.8) is 0 Å². The van der Waals surface area contributed by atoms with Gasteiger partial charge in [-0.3, -0.25) is 9.59 Å². The van der Waals surface area contributed by atoms with E-state index in [1.54, 1.807) is 41.8 Å². The van der Waals surface area contributed by atoms with Gasteiger partial charge >= 0.3 is 5.97 Å². The highest BCUT2D eigenvalue weighted by atomic mass is 32.1. The van der Waals surface area contributed by atoms with Crippen LogP contribution in [0.4, 0.5) is 5.69 Å². The van der Waals surface area contributed by atoms with Crippen LogP contribution in [0.1, 0.15) is 41.9 Å². The molecule has 0 fully saturated rings. The number of hydrogen-bond donors (Lipinski definition) is 1. The topological polar surface area (TPSA) is 85.4 Å². The number of anilines is 1. The number of nitrogens with zero attached hydrogens (tertiary/aromatic N) is 1. The van der Waals surface area contributed by atoms with Gasteiger partial charge in [0.2, 0.25) is 11.7 Å². The van der Waals surface area contributed by atoms with E-state index in [-0.39, 0.29) is 30.3 Å². The van der Waals surface area contributed by atoms with E-state index < -0.39 is 5.97 Å². The molecule has 4 aromatic rings. The summed E-state index contributed by atoms with van der Waals surface area (Å²) in [5.74, 6) is -0.973. The van der Waals surface area contributed by atoms with E-state index in [0.717, 1.165) is 11.3 Å². The van der Waals surface area contributed by atoms with Gasteiger partial charge in [-0.15, -0.1) is 22.7 Å². The second-order valence-electron chi connectivity index (χ2n) is 7.20. The molecular formula is C25H20N2O4S2. The molecule has 166 valence electrons. The van der Waals surface area contributed by atoms with E-state index >= 15 is 0 Å². The molecule has 0 spiro atoms. The van der Waals surface area contributed by atoms with E-state index in [0.29, 0.717) is 21.1 Å². The van der Waals surface area contributed by atoms with Crippen molar-refractivity contribution in [3.05, 3.63) is 104 Å². The number of aryl methyl sites for hydroxylation is 1. The Morgan fingerprint density at radius 2 is 1.70 bits per heavy atom. The molecule has 0 atom stereocenters. The maximum Gasteiger partial charge on any atom is 0.339 e. The number of amides is 1. The third kappa shape index (κ3) is 5.60. The van der Waals surface area contributed by atoms with Crippen LogP contribution in [0, 0.1) is 6.92 Å². The Bertz CT molecular complexity index is 1300. The number of esters is 1. The Morgan fingerprint density at radius 3 is 2.45 bits per heavy atom. The fourth-order valence-corrected chi connectivity index (χ4v) is 4.61. The second-order valence-corrected chi connectivity index (χ2v) is 9.09. The maximum atomic E-state index is 12.7. The van der Waals surface area contributed by atoms with Crippen molar-refractivity contribution >= 4 is 46.0 Å². The van der Waals surface area contributed by atoms with Crippen LogP contribution in [0.2, 0.25) is 0 Å². The molecule has 0 saturated heterocycles. The third-order valence-corrected chi connectivity index (χ3v) is 6.58. The number of thiazole rings is 1. The molecule has 0 saturated carbocycles. The molecule has 0 aliphatic rings. The Kier molecular flexibility index (Phi) is 7.07. The molecule has 0 aliphatic carbocycles. The zero-order chi connectivity index (χ0) is 23.2. The fraction of sp³-hybridized carbons (Fsp3) is 0.120. The molecule has 2 aromatic heterocycles. The minimum atomic E-state index is -0.595. The highest BCUT2D eigenvalue weighted by Gasteiger charge is 2.20. The minimum Gasteiger partial charge on any atom is -0.456 e. The van der Waals surface area contributed by atoms with E-state index in [9.17, 15) is 14.4 Å². The largest absolute Gasteiger partial charge is 0.456 e. The summed E-state index contributed by atoms with van der Waals surface area (Å²) < 4.78 is 5.41. The SMILES string of the molecule is Cc1ccccc1NC(=O)Cc1nc(COC(=O)c2ccccc2C(=O)c2cccs2)cs1. The summed E-state index contributed by atoms with van der Waals surface area (Å²) >= 11 is 2.65. The molecule has 2 aromatic carbocycles. The normalized spacial score (nSPS) is 10.6. The van der Waals surface area contributed by atoms with Gasteiger partial charge in [0.25, 0.3) is 0 Å². The van der Waals surface area contributed by atoms with Crippen molar-refractivity contribution in [1.29, 1.82) is 0 Å². The predicted octanol–water partition coefficient (Wildman–Crippen LogP) is 5.28. The lowest BCUT2D eigenvalue weighted by atomic mass is 10.0. The number of carbonyl (C=O) groups is 3. The first-order chi connectivity index (χ1) is 16.0. The summed E-state index contributed by atoms with van der Waals surface area (Å²) in [5.41, 5.74) is 2.81. The van der Waals surface area contributed by atoms with E-state index in [1.165, 1.54) is 22.7 Å². The number of thiophene rings is 1. The van der Waals surface area contributed by atoms with Gasteiger partial charge in [0, 0.05) is 16.6 Å². The Labute approximate surface area is 198 Å². The van der Waals surface area contributed by atoms with Crippen molar-refractivity contribution in [3.8, 4) is 0 Å². The van der Waals surface area contributed by atoms with Crippen LogP contribution < -0.4 is 5.32 Å². The number of rotatable bonds is 8. The number of aromatic nitrogens is 1. The lowest BCUT2D eigenvalue weighted by molar-refractivity contribution is -0.115. The second kappa shape index (κ2) is 10.3. The first-order valence-corrected chi connectivity index (χ1v) is 11.9. The van der Waals surface area contributed by atoms with Crippen molar-refractivity contribution < 1.29 is 19.1 Å². The molecule has 8 heteroatoms. The van der Waals surface area contributed by atoms with E-state index in [1.807, 2.05) is 36.6 Å². The number of para-hydroxylation sites is 1. The van der Waals surface area contributed by atoms with Gasteiger partial charge in [0.15, 0.2) is 0 Å². The maximum absolute atomic E-state index is 12.7. The summed E-state index contributed by atoms with van der Waals surface area (Å²) in [7, 11) is 0. The number of hydrogen-bond acceptors (Lipinski definition) is 7. The van der Waals surface area contributed by atoms with Crippen molar-refractivity contribution in [2.24, 2.45) is 0 Å². The van der Waals surface area contributed by atoms with Crippen LogP contribution in [-0.4, -0.2) is 22.6 Å². The summed E-state index contributed by atoms with van der Waals surface area (Å²) in [6, 6.07) is 17.7. The van der Waals surface area contributed by atoms with Gasteiger partial charge in [0.1, 0.15) is 11.6 Å². The molecule has 2 heterocycles.